The third kappa shape index (κ3) is 1.97. The van der Waals surface area contributed by atoms with Gasteiger partial charge in [0.1, 0.15) is 0 Å². The molecule has 0 aliphatic heterocycles. The third-order valence-corrected chi connectivity index (χ3v) is 3.50. The van der Waals surface area contributed by atoms with Gasteiger partial charge in [0, 0.05) is 13.5 Å². The minimum Gasteiger partial charge on any atom is -0.339 e. The first-order valence-electron chi connectivity index (χ1n) is 6.07. The van der Waals surface area contributed by atoms with Crippen molar-refractivity contribution in [1.29, 1.82) is 0 Å². The zero-order chi connectivity index (χ0) is 11.5. The molecule has 0 heterocycles. The molecule has 1 aromatic rings. The molecule has 86 valence electrons. The van der Waals surface area contributed by atoms with Gasteiger partial charge in [-0.25, -0.2) is 0 Å². The maximum Gasteiger partial charge on any atom is 0.222 e. The number of aryl methyl sites for hydroxylation is 1. The van der Waals surface area contributed by atoms with Crippen LogP contribution >= 0.6 is 0 Å². The van der Waals surface area contributed by atoms with E-state index in [0.717, 1.165) is 12.8 Å². The van der Waals surface area contributed by atoms with Crippen molar-refractivity contribution < 1.29 is 4.79 Å². The quantitative estimate of drug-likeness (QED) is 0.746. The van der Waals surface area contributed by atoms with E-state index in [1.54, 1.807) is 0 Å². The molecule has 0 spiro atoms. The number of hydrogen-bond donors (Lipinski definition) is 0. The predicted molar refractivity (Wildman–Crippen MR) is 65.2 cm³/mol. The van der Waals surface area contributed by atoms with Crippen LogP contribution in [-0.2, 0) is 11.2 Å². The molecule has 0 saturated heterocycles. The molecule has 1 atom stereocenters. The molecule has 1 aromatic carbocycles. The Morgan fingerprint density at radius 2 is 2.19 bits per heavy atom. The van der Waals surface area contributed by atoms with Crippen molar-refractivity contribution in [3.8, 4) is 0 Å². The Labute approximate surface area is 97.3 Å². The van der Waals surface area contributed by atoms with Crippen LogP contribution in [0.25, 0.3) is 0 Å². The number of benzene rings is 1. The second-order valence-electron chi connectivity index (χ2n) is 4.47. The van der Waals surface area contributed by atoms with Crippen molar-refractivity contribution in [3.63, 3.8) is 0 Å². The number of hydrogen-bond acceptors (Lipinski definition) is 1. The van der Waals surface area contributed by atoms with Gasteiger partial charge in [-0.15, -0.1) is 0 Å². The minimum atomic E-state index is 0.238. The summed E-state index contributed by atoms with van der Waals surface area (Å²) >= 11 is 0. The van der Waals surface area contributed by atoms with Gasteiger partial charge in [0.25, 0.3) is 0 Å². The average molecular weight is 217 g/mol. The van der Waals surface area contributed by atoms with Crippen molar-refractivity contribution in [3.05, 3.63) is 35.4 Å². The van der Waals surface area contributed by atoms with E-state index in [9.17, 15) is 4.79 Å². The van der Waals surface area contributed by atoms with Crippen molar-refractivity contribution in [1.82, 2.24) is 4.90 Å². The van der Waals surface area contributed by atoms with Crippen LogP contribution in [0.2, 0.25) is 0 Å². The predicted octanol–water partition coefficient (Wildman–Crippen LogP) is 2.93. The molecule has 0 saturated carbocycles. The fourth-order valence-corrected chi connectivity index (χ4v) is 2.55. The monoisotopic (exact) mass is 217 g/mol. The molecule has 0 N–H and O–H groups in total. The lowest BCUT2D eigenvalue weighted by atomic mass is 9.87. The van der Waals surface area contributed by atoms with E-state index in [2.05, 4.69) is 24.3 Å². The van der Waals surface area contributed by atoms with E-state index >= 15 is 0 Å². The molecule has 2 rings (SSSR count). The zero-order valence-electron chi connectivity index (χ0n) is 10.1. The summed E-state index contributed by atoms with van der Waals surface area (Å²) in [4.78, 5) is 13.7. The number of rotatable bonds is 2. The highest BCUT2D eigenvalue weighted by molar-refractivity contribution is 5.76. The number of fused-ring (bicyclic) bond motifs is 1. The summed E-state index contributed by atoms with van der Waals surface area (Å²) in [5.41, 5.74) is 2.76. The van der Waals surface area contributed by atoms with Gasteiger partial charge in [-0.1, -0.05) is 31.2 Å². The normalized spacial score (nSPS) is 19.0. The highest BCUT2D eigenvalue weighted by Gasteiger charge is 2.25. The Hall–Kier alpha value is -1.31. The Morgan fingerprint density at radius 3 is 2.94 bits per heavy atom. The van der Waals surface area contributed by atoms with E-state index in [1.165, 1.54) is 17.5 Å². The SMILES string of the molecule is CCC(=O)N(C)C1CCCc2ccccc21. The van der Waals surface area contributed by atoms with Crippen molar-refractivity contribution in [2.24, 2.45) is 0 Å². The van der Waals surface area contributed by atoms with Crippen molar-refractivity contribution in [2.75, 3.05) is 7.05 Å². The van der Waals surface area contributed by atoms with Gasteiger partial charge in [0.15, 0.2) is 0 Å². The van der Waals surface area contributed by atoms with Gasteiger partial charge in [0.05, 0.1) is 6.04 Å². The van der Waals surface area contributed by atoms with Crippen LogP contribution < -0.4 is 0 Å². The molecule has 1 aliphatic carbocycles. The van der Waals surface area contributed by atoms with Gasteiger partial charge in [-0.3, -0.25) is 4.79 Å². The molecule has 1 amide bonds. The second-order valence-corrected chi connectivity index (χ2v) is 4.47. The summed E-state index contributed by atoms with van der Waals surface area (Å²) < 4.78 is 0. The fraction of sp³-hybridized carbons (Fsp3) is 0.500. The molecule has 2 heteroatoms. The van der Waals surface area contributed by atoms with E-state index in [0.29, 0.717) is 6.42 Å². The lowest BCUT2D eigenvalue weighted by molar-refractivity contribution is -0.132. The van der Waals surface area contributed by atoms with Gasteiger partial charge in [-0.2, -0.15) is 0 Å². The summed E-state index contributed by atoms with van der Waals surface area (Å²) in [6.07, 6.45) is 4.03. The molecule has 0 bridgehead atoms. The van der Waals surface area contributed by atoms with Crippen LogP contribution in [0, 0.1) is 0 Å². The van der Waals surface area contributed by atoms with Crippen LogP contribution in [0.1, 0.15) is 43.4 Å². The first-order valence-corrected chi connectivity index (χ1v) is 6.07. The second kappa shape index (κ2) is 4.69. The maximum absolute atomic E-state index is 11.7. The molecule has 16 heavy (non-hydrogen) atoms. The lowest BCUT2D eigenvalue weighted by Gasteiger charge is -2.33. The zero-order valence-corrected chi connectivity index (χ0v) is 10.1. The molecule has 0 fully saturated rings. The fourth-order valence-electron chi connectivity index (χ4n) is 2.55. The molecule has 0 aromatic heterocycles. The maximum atomic E-state index is 11.7. The molecule has 1 unspecified atom stereocenters. The van der Waals surface area contributed by atoms with Crippen LogP contribution in [0.4, 0.5) is 0 Å². The Bertz CT molecular complexity index is 386. The van der Waals surface area contributed by atoms with Crippen LogP contribution in [0.15, 0.2) is 24.3 Å². The van der Waals surface area contributed by atoms with E-state index in [4.69, 9.17) is 0 Å². The Kier molecular flexibility index (Phi) is 3.28. The molecule has 0 radical (unpaired) electrons. The summed E-state index contributed by atoms with van der Waals surface area (Å²) in [7, 11) is 1.93. The topological polar surface area (TPSA) is 20.3 Å². The van der Waals surface area contributed by atoms with E-state index < -0.39 is 0 Å². The average Bonchev–Trinajstić information content (AvgIpc) is 2.36. The van der Waals surface area contributed by atoms with Gasteiger partial charge in [-0.05, 0) is 30.4 Å². The van der Waals surface area contributed by atoms with E-state index in [1.807, 2.05) is 18.9 Å². The number of carbonyl (C=O) groups excluding carboxylic acids is 1. The summed E-state index contributed by atoms with van der Waals surface area (Å²) in [5, 5.41) is 0. The summed E-state index contributed by atoms with van der Waals surface area (Å²) in [5.74, 6) is 0.238. The highest BCUT2D eigenvalue weighted by atomic mass is 16.2. The highest BCUT2D eigenvalue weighted by Crippen LogP contribution is 2.33. The van der Waals surface area contributed by atoms with Crippen LogP contribution in [0.3, 0.4) is 0 Å². The lowest BCUT2D eigenvalue weighted by Crippen LogP contribution is -2.32. The van der Waals surface area contributed by atoms with Crippen LogP contribution in [0.5, 0.6) is 0 Å². The number of nitrogens with zero attached hydrogens (tertiary/aromatic N) is 1. The Balaban J connectivity index is 2.28. The van der Waals surface area contributed by atoms with Gasteiger partial charge >= 0.3 is 0 Å². The largest absolute Gasteiger partial charge is 0.339 e. The third-order valence-electron chi connectivity index (χ3n) is 3.50. The van der Waals surface area contributed by atoms with Crippen molar-refractivity contribution >= 4 is 5.91 Å². The first kappa shape index (κ1) is 11.2. The minimum absolute atomic E-state index is 0.238. The summed E-state index contributed by atoms with van der Waals surface area (Å²) in [6, 6.07) is 8.80. The van der Waals surface area contributed by atoms with Crippen molar-refractivity contribution in [2.45, 2.75) is 38.6 Å². The standard InChI is InChI=1S/C14H19NO/c1-3-14(16)15(2)13-10-6-8-11-7-4-5-9-12(11)13/h4-5,7,9,13H,3,6,8,10H2,1-2H3. The molecular weight excluding hydrogens is 198 g/mol. The number of carbonyl (C=O) groups is 1. The Morgan fingerprint density at radius 1 is 1.44 bits per heavy atom. The smallest absolute Gasteiger partial charge is 0.222 e. The molecule has 1 aliphatic rings. The van der Waals surface area contributed by atoms with E-state index in [-0.39, 0.29) is 11.9 Å². The first-order chi connectivity index (χ1) is 7.74. The van der Waals surface area contributed by atoms with Gasteiger partial charge < -0.3 is 4.90 Å². The molecular formula is C14H19NO. The summed E-state index contributed by atoms with van der Waals surface area (Å²) in [6.45, 7) is 1.92. The molecule has 2 nitrogen and oxygen atoms in total. The van der Waals surface area contributed by atoms with Gasteiger partial charge in [0.2, 0.25) is 5.91 Å². The van der Waals surface area contributed by atoms with Crippen LogP contribution in [-0.4, -0.2) is 17.9 Å². The number of amides is 1.